The topological polar surface area (TPSA) is 82.9 Å². The number of likely N-dealkylation sites (tertiary alicyclic amines) is 1. The van der Waals surface area contributed by atoms with Crippen molar-refractivity contribution in [2.75, 3.05) is 31.6 Å². The van der Waals surface area contributed by atoms with Crippen LogP contribution in [0.2, 0.25) is 0 Å². The fourth-order valence-corrected chi connectivity index (χ4v) is 2.71. The first kappa shape index (κ1) is 16.3. The van der Waals surface area contributed by atoms with Gasteiger partial charge in [0.15, 0.2) is 6.54 Å². The summed E-state index contributed by atoms with van der Waals surface area (Å²) in [5.41, 5.74) is 0.665. The maximum atomic E-state index is 12.1. The molecular formula is C16H22N2O4. The summed E-state index contributed by atoms with van der Waals surface area (Å²) < 4.78 is 5.47. The van der Waals surface area contributed by atoms with Crippen LogP contribution >= 0.6 is 0 Å². The van der Waals surface area contributed by atoms with Gasteiger partial charge in [-0.25, -0.2) is 0 Å². The van der Waals surface area contributed by atoms with E-state index in [9.17, 15) is 14.7 Å². The number of hydrogen-bond donors (Lipinski definition) is 2. The number of nitrogens with one attached hydrogen (secondary N) is 2. The highest BCUT2D eigenvalue weighted by Gasteiger charge is 2.24. The van der Waals surface area contributed by atoms with Gasteiger partial charge in [0, 0.05) is 24.7 Å². The second-order valence-electron chi connectivity index (χ2n) is 5.50. The molecule has 0 unspecified atom stereocenters. The van der Waals surface area contributed by atoms with Gasteiger partial charge in [-0.05, 0) is 19.1 Å². The molecule has 1 fully saturated rings. The number of piperidine rings is 1. The Morgan fingerprint density at radius 2 is 2.00 bits per heavy atom. The van der Waals surface area contributed by atoms with Crippen molar-refractivity contribution in [3.05, 3.63) is 24.3 Å². The fraction of sp³-hybridized carbons (Fsp3) is 0.500. The number of hydrogen-bond acceptors (Lipinski definition) is 4. The number of amides is 1. The lowest BCUT2D eigenvalue weighted by Gasteiger charge is -2.29. The Balaban J connectivity index is 1.85. The molecule has 0 aliphatic carbocycles. The maximum Gasteiger partial charge on any atom is 0.279 e. The molecule has 0 aromatic heterocycles. The van der Waals surface area contributed by atoms with Gasteiger partial charge < -0.3 is 24.9 Å². The van der Waals surface area contributed by atoms with E-state index in [1.165, 1.54) is 0 Å². The van der Waals surface area contributed by atoms with E-state index in [0.717, 1.165) is 4.90 Å². The van der Waals surface area contributed by atoms with Gasteiger partial charge in [-0.2, -0.15) is 0 Å². The molecule has 0 bridgehead atoms. The molecule has 0 radical (unpaired) electrons. The van der Waals surface area contributed by atoms with Crippen LogP contribution in [-0.2, 0) is 9.59 Å². The minimum atomic E-state index is -0.978. The predicted molar refractivity (Wildman–Crippen MR) is 79.5 cm³/mol. The lowest BCUT2D eigenvalue weighted by Crippen LogP contribution is -3.14. The van der Waals surface area contributed by atoms with Crippen molar-refractivity contribution in [2.24, 2.45) is 5.92 Å². The number of anilines is 1. The zero-order valence-electron chi connectivity index (χ0n) is 12.8. The van der Waals surface area contributed by atoms with Crippen molar-refractivity contribution in [1.29, 1.82) is 0 Å². The van der Waals surface area contributed by atoms with E-state index in [1.54, 1.807) is 6.07 Å². The third-order valence-corrected chi connectivity index (χ3v) is 3.90. The molecule has 2 rings (SSSR count). The molecule has 0 saturated carbocycles. The summed E-state index contributed by atoms with van der Waals surface area (Å²) in [4.78, 5) is 24.0. The van der Waals surface area contributed by atoms with Gasteiger partial charge in [-0.1, -0.05) is 12.1 Å². The van der Waals surface area contributed by atoms with Gasteiger partial charge in [-0.15, -0.1) is 0 Å². The number of carboxylic acids is 1. The van der Waals surface area contributed by atoms with Gasteiger partial charge in [0.1, 0.15) is 5.75 Å². The first-order valence-corrected chi connectivity index (χ1v) is 7.66. The third-order valence-electron chi connectivity index (χ3n) is 3.90. The number of ether oxygens (including phenoxy) is 1. The van der Waals surface area contributed by atoms with Gasteiger partial charge >= 0.3 is 0 Å². The number of aliphatic carboxylic acids is 1. The lowest BCUT2D eigenvalue weighted by atomic mass is 9.97. The van der Waals surface area contributed by atoms with Crippen molar-refractivity contribution >= 4 is 17.6 Å². The molecule has 0 atom stereocenters. The Morgan fingerprint density at radius 3 is 2.64 bits per heavy atom. The standard InChI is InChI=1S/C16H22N2O4/c1-2-22-14-6-4-3-5-13(14)17-15(19)11-18-9-7-12(8-10-18)16(20)21/h3-6,12H,2,7-11H2,1H3,(H,17,19)(H,20,21). The molecule has 1 amide bonds. The molecular weight excluding hydrogens is 284 g/mol. The Hall–Kier alpha value is -2.08. The zero-order chi connectivity index (χ0) is 15.9. The molecule has 1 aliphatic heterocycles. The van der Waals surface area contributed by atoms with Crippen LogP contribution in [0.3, 0.4) is 0 Å². The van der Waals surface area contributed by atoms with E-state index < -0.39 is 5.97 Å². The second-order valence-corrected chi connectivity index (χ2v) is 5.50. The van der Waals surface area contributed by atoms with Gasteiger partial charge in [0.05, 0.1) is 25.4 Å². The van der Waals surface area contributed by atoms with Crippen LogP contribution in [0.25, 0.3) is 0 Å². The number of para-hydroxylation sites is 2. The monoisotopic (exact) mass is 306 g/mol. The van der Waals surface area contributed by atoms with Crippen LogP contribution in [0.4, 0.5) is 5.69 Å². The summed E-state index contributed by atoms with van der Waals surface area (Å²) in [6.45, 7) is 4.12. The predicted octanol–water partition coefficient (Wildman–Crippen LogP) is -0.931. The highest BCUT2D eigenvalue weighted by atomic mass is 16.5. The summed E-state index contributed by atoms with van der Waals surface area (Å²) >= 11 is 0. The average Bonchev–Trinajstić information content (AvgIpc) is 2.50. The van der Waals surface area contributed by atoms with E-state index in [0.29, 0.717) is 50.5 Å². The fourth-order valence-electron chi connectivity index (χ4n) is 2.71. The van der Waals surface area contributed by atoms with Gasteiger partial charge in [0.2, 0.25) is 0 Å². The molecule has 1 heterocycles. The van der Waals surface area contributed by atoms with Crippen LogP contribution in [-0.4, -0.2) is 38.1 Å². The summed E-state index contributed by atoms with van der Waals surface area (Å²) in [7, 11) is 0. The minimum absolute atomic E-state index is 0.0888. The highest BCUT2D eigenvalue weighted by Crippen LogP contribution is 2.23. The molecule has 2 N–H and O–H groups in total. The van der Waals surface area contributed by atoms with Gasteiger partial charge in [-0.3, -0.25) is 4.79 Å². The number of benzene rings is 1. The molecule has 22 heavy (non-hydrogen) atoms. The van der Waals surface area contributed by atoms with E-state index in [2.05, 4.69) is 5.32 Å². The third kappa shape index (κ3) is 4.46. The minimum Gasteiger partial charge on any atom is -0.550 e. The van der Waals surface area contributed by atoms with Gasteiger partial charge in [0.25, 0.3) is 5.91 Å². The Morgan fingerprint density at radius 1 is 1.32 bits per heavy atom. The number of carbonyl (C=O) groups excluding carboxylic acids is 2. The molecule has 1 aromatic carbocycles. The van der Waals surface area contributed by atoms with Crippen molar-refractivity contribution in [3.63, 3.8) is 0 Å². The van der Waals surface area contributed by atoms with Crippen molar-refractivity contribution < 1.29 is 24.3 Å². The number of quaternary nitrogens is 1. The number of rotatable bonds is 6. The van der Waals surface area contributed by atoms with E-state index in [1.807, 2.05) is 25.1 Å². The maximum absolute atomic E-state index is 12.1. The largest absolute Gasteiger partial charge is 0.550 e. The molecule has 0 spiro atoms. The molecule has 6 nitrogen and oxygen atoms in total. The van der Waals surface area contributed by atoms with E-state index in [-0.39, 0.29) is 11.8 Å². The summed E-state index contributed by atoms with van der Waals surface area (Å²) in [6.07, 6.45) is 1.14. The number of carbonyl (C=O) groups is 2. The van der Waals surface area contributed by atoms with Crippen LogP contribution in [0.15, 0.2) is 24.3 Å². The summed E-state index contributed by atoms with van der Waals surface area (Å²) in [6, 6.07) is 7.32. The van der Waals surface area contributed by atoms with Crippen molar-refractivity contribution in [2.45, 2.75) is 19.8 Å². The first-order valence-electron chi connectivity index (χ1n) is 7.66. The van der Waals surface area contributed by atoms with Crippen LogP contribution in [0.1, 0.15) is 19.8 Å². The van der Waals surface area contributed by atoms with E-state index >= 15 is 0 Å². The average molecular weight is 306 g/mol. The van der Waals surface area contributed by atoms with Crippen molar-refractivity contribution in [3.8, 4) is 5.75 Å². The highest BCUT2D eigenvalue weighted by molar-refractivity contribution is 5.92. The zero-order valence-corrected chi connectivity index (χ0v) is 12.8. The SMILES string of the molecule is CCOc1ccccc1NC(=O)C[NH+]1CCC(C(=O)[O-])CC1. The Kier molecular flexibility index (Phi) is 5.77. The van der Waals surface area contributed by atoms with Crippen LogP contribution < -0.4 is 20.1 Å². The summed E-state index contributed by atoms with van der Waals surface area (Å²) in [5, 5.41) is 13.7. The number of carboxylic acid groups (broad SMARTS) is 1. The Labute approximate surface area is 130 Å². The smallest absolute Gasteiger partial charge is 0.279 e. The lowest BCUT2D eigenvalue weighted by molar-refractivity contribution is -0.897. The van der Waals surface area contributed by atoms with Crippen LogP contribution in [0, 0.1) is 5.92 Å². The normalized spacial score (nSPS) is 21.1. The van der Waals surface area contributed by atoms with Crippen molar-refractivity contribution in [1.82, 2.24) is 0 Å². The molecule has 1 aliphatic rings. The summed E-state index contributed by atoms with van der Waals surface area (Å²) in [5.74, 6) is -0.780. The first-order chi connectivity index (χ1) is 10.6. The molecule has 120 valence electrons. The quantitative estimate of drug-likeness (QED) is 0.711. The Bertz CT molecular complexity index is 525. The molecule has 1 saturated heterocycles. The second kappa shape index (κ2) is 7.79. The molecule has 6 heteroatoms. The van der Waals surface area contributed by atoms with Crippen LogP contribution in [0.5, 0.6) is 5.75 Å². The van der Waals surface area contributed by atoms with E-state index in [4.69, 9.17) is 4.74 Å². The molecule has 1 aromatic rings.